The van der Waals surface area contributed by atoms with Gasteiger partial charge in [-0.2, -0.15) is 0 Å². The monoisotopic (exact) mass is 416 g/mol. The number of aromatic carboxylic acids is 1. The van der Waals surface area contributed by atoms with Gasteiger partial charge in [0, 0.05) is 0 Å². The average molecular weight is 417 g/mol. The van der Waals surface area contributed by atoms with Crippen LogP contribution in [0.1, 0.15) is 69.1 Å². The van der Waals surface area contributed by atoms with Crippen molar-refractivity contribution in [1.82, 2.24) is 0 Å². The molecule has 3 heteroatoms. The van der Waals surface area contributed by atoms with E-state index in [1.165, 1.54) is 5.56 Å². The highest BCUT2D eigenvalue weighted by Gasteiger charge is 2.25. The van der Waals surface area contributed by atoms with Crippen LogP contribution >= 0.6 is 0 Å². The lowest BCUT2D eigenvalue weighted by molar-refractivity contribution is 0.0690. The number of carboxylic acid groups (broad SMARTS) is 1. The van der Waals surface area contributed by atoms with E-state index in [0.29, 0.717) is 17.9 Å². The zero-order chi connectivity index (χ0) is 22.4. The molecular formula is C28H32O3. The number of aryl methyl sites for hydroxylation is 1. The first-order chi connectivity index (χ1) is 14.9. The van der Waals surface area contributed by atoms with Crippen LogP contribution < -0.4 is 4.74 Å². The molecule has 0 fully saturated rings. The highest BCUT2D eigenvalue weighted by Crippen LogP contribution is 2.37. The number of benzene rings is 3. The molecule has 162 valence electrons. The molecule has 0 aromatic heterocycles. The molecule has 3 aromatic rings. The van der Waals surface area contributed by atoms with Crippen molar-refractivity contribution in [1.29, 1.82) is 0 Å². The summed E-state index contributed by atoms with van der Waals surface area (Å²) < 4.78 is 6.28. The number of hydrogen-bond donors (Lipinski definition) is 1. The summed E-state index contributed by atoms with van der Waals surface area (Å²) in [4.78, 5) is 12.4. The maximum Gasteiger partial charge on any atom is 0.339 e. The Labute approximate surface area is 185 Å². The van der Waals surface area contributed by atoms with Crippen LogP contribution in [0.15, 0.2) is 54.6 Å². The van der Waals surface area contributed by atoms with Gasteiger partial charge in [-0.05, 0) is 79.0 Å². The summed E-state index contributed by atoms with van der Waals surface area (Å²) in [5, 5.41) is 10.1. The fraction of sp³-hybridized carbons (Fsp3) is 0.321. The first kappa shape index (κ1) is 22.6. The fourth-order valence-electron chi connectivity index (χ4n) is 4.16. The molecule has 0 saturated heterocycles. The largest absolute Gasteiger partial charge is 0.488 e. The SMILES string of the molecule is CCCCc1c(C)c(Cc2ccccc2)c(C)c(C(=O)O)c1OCc1ccccc1C. The van der Waals surface area contributed by atoms with Gasteiger partial charge in [0.1, 0.15) is 17.9 Å². The molecule has 3 aromatic carbocycles. The topological polar surface area (TPSA) is 46.5 Å². The molecular weight excluding hydrogens is 384 g/mol. The quantitative estimate of drug-likeness (QED) is 0.416. The van der Waals surface area contributed by atoms with Crippen molar-refractivity contribution in [2.75, 3.05) is 0 Å². The molecule has 31 heavy (non-hydrogen) atoms. The average Bonchev–Trinajstić information content (AvgIpc) is 2.76. The van der Waals surface area contributed by atoms with E-state index < -0.39 is 5.97 Å². The lowest BCUT2D eigenvalue weighted by Crippen LogP contribution is -2.14. The lowest BCUT2D eigenvalue weighted by atomic mass is 9.86. The Morgan fingerprint density at radius 2 is 1.58 bits per heavy atom. The number of carboxylic acids is 1. The molecule has 0 aliphatic rings. The molecule has 3 rings (SSSR count). The van der Waals surface area contributed by atoms with Crippen LogP contribution in [0.4, 0.5) is 0 Å². The van der Waals surface area contributed by atoms with Gasteiger partial charge in [0.15, 0.2) is 0 Å². The molecule has 1 N–H and O–H groups in total. The summed E-state index contributed by atoms with van der Waals surface area (Å²) in [6.07, 6.45) is 3.57. The highest BCUT2D eigenvalue weighted by atomic mass is 16.5. The Morgan fingerprint density at radius 1 is 0.903 bits per heavy atom. The van der Waals surface area contributed by atoms with E-state index in [1.54, 1.807) is 0 Å². The van der Waals surface area contributed by atoms with Gasteiger partial charge in [-0.15, -0.1) is 0 Å². The zero-order valence-corrected chi connectivity index (χ0v) is 19.0. The van der Waals surface area contributed by atoms with Crippen molar-refractivity contribution in [3.63, 3.8) is 0 Å². The second-order valence-electron chi connectivity index (χ2n) is 8.20. The Hall–Kier alpha value is -3.07. The minimum Gasteiger partial charge on any atom is -0.488 e. The van der Waals surface area contributed by atoms with Crippen LogP contribution in [0.5, 0.6) is 5.75 Å². The van der Waals surface area contributed by atoms with E-state index in [-0.39, 0.29) is 0 Å². The molecule has 0 amide bonds. The molecule has 3 nitrogen and oxygen atoms in total. The normalized spacial score (nSPS) is 10.8. The van der Waals surface area contributed by atoms with Gasteiger partial charge in [-0.1, -0.05) is 67.9 Å². The van der Waals surface area contributed by atoms with Crippen LogP contribution in [0, 0.1) is 20.8 Å². The van der Waals surface area contributed by atoms with Gasteiger partial charge in [0.05, 0.1) is 0 Å². The van der Waals surface area contributed by atoms with Crippen molar-refractivity contribution in [3.05, 3.63) is 99.1 Å². The third kappa shape index (κ3) is 5.16. The van der Waals surface area contributed by atoms with E-state index in [4.69, 9.17) is 4.74 Å². The van der Waals surface area contributed by atoms with Gasteiger partial charge in [0.25, 0.3) is 0 Å². The molecule has 0 saturated carbocycles. The molecule has 0 heterocycles. The van der Waals surface area contributed by atoms with Crippen molar-refractivity contribution in [3.8, 4) is 5.75 Å². The van der Waals surface area contributed by atoms with Crippen LogP contribution in [0.25, 0.3) is 0 Å². The summed E-state index contributed by atoms with van der Waals surface area (Å²) in [6, 6.07) is 18.3. The van der Waals surface area contributed by atoms with Crippen LogP contribution in [0.3, 0.4) is 0 Å². The number of ether oxygens (including phenoxy) is 1. The summed E-state index contributed by atoms with van der Waals surface area (Å²) in [7, 11) is 0. The van der Waals surface area contributed by atoms with Gasteiger partial charge in [-0.25, -0.2) is 4.79 Å². The number of unbranched alkanes of at least 4 members (excludes halogenated alkanes) is 1. The second-order valence-corrected chi connectivity index (χ2v) is 8.20. The summed E-state index contributed by atoms with van der Waals surface area (Å²) in [5.74, 6) is -0.389. The van der Waals surface area contributed by atoms with Crippen molar-refractivity contribution in [2.45, 2.75) is 60.0 Å². The van der Waals surface area contributed by atoms with E-state index in [0.717, 1.165) is 59.1 Å². The predicted molar refractivity (Wildman–Crippen MR) is 126 cm³/mol. The molecule has 0 aliphatic carbocycles. The van der Waals surface area contributed by atoms with E-state index in [1.807, 2.05) is 56.3 Å². The Bertz CT molecular complexity index is 1050. The van der Waals surface area contributed by atoms with Crippen molar-refractivity contribution < 1.29 is 14.6 Å². The first-order valence-corrected chi connectivity index (χ1v) is 11.0. The fourth-order valence-corrected chi connectivity index (χ4v) is 4.16. The van der Waals surface area contributed by atoms with Crippen molar-refractivity contribution in [2.24, 2.45) is 0 Å². The van der Waals surface area contributed by atoms with Crippen LogP contribution in [-0.4, -0.2) is 11.1 Å². The maximum absolute atomic E-state index is 12.4. The molecule has 0 radical (unpaired) electrons. The smallest absolute Gasteiger partial charge is 0.339 e. The second kappa shape index (κ2) is 10.3. The third-order valence-corrected chi connectivity index (χ3v) is 6.09. The van der Waals surface area contributed by atoms with Gasteiger partial charge in [0.2, 0.25) is 0 Å². The number of hydrogen-bond acceptors (Lipinski definition) is 2. The standard InChI is InChI=1S/C28H32O3/c1-5-6-16-24-20(3)25(17-22-13-8-7-9-14-22)21(4)26(28(29)30)27(24)31-18-23-15-11-10-12-19(23)2/h7-15H,5-6,16-18H2,1-4H3,(H,29,30). The lowest BCUT2D eigenvalue weighted by Gasteiger charge is -2.23. The molecule has 0 unspecified atom stereocenters. The van der Waals surface area contributed by atoms with E-state index in [2.05, 4.69) is 26.0 Å². The Balaban J connectivity index is 2.11. The predicted octanol–water partition coefficient (Wildman–Crippen LogP) is 6.82. The Morgan fingerprint density at radius 3 is 2.23 bits per heavy atom. The molecule has 0 aliphatic heterocycles. The number of carbonyl (C=O) groups is 1. The van der Waals surface area contributed by atoms with Crippen LogP contribution in [-0.2, 0) is 19.4 Å². The van der Waals surface area contributed by atoms with Gasteiger partial charge < -0.3 is 9.84 Å². The maximum atomic E-state index is 12.4. The minimum atomic E-state index is -0.927. The van der Waals surface area contributed by atoms with E-state index in [9.17, 15) is 9.90 Å². The summed E-state index contributed by atoms with van der Waals surface area (Å²) in [5.41, 5.74) is 7.78. The molecule has 0 atom stereocenters. The Kier molecular flexibility index (Phi) is 7.51. The molecule has 0 spiro atoms. The third-order valence-electron chi connectivity index (χ3n) is 6.09. The highest BCUT2D eigenvalue weighted by molar-refractivity contribution is 5.94. The van der Waals surface area contributed by atoms with Gasteiger partial charge in [-0.3, -0.25) is 0 Å². The summed E-state index contributed by atoms with van der Waals surface area (Å²) in [6.45, 7) is 8.60. The number of rotatable bonds is 9. The zero-order valence-electron chi connectivity index (χ0n) is 19.0. The minimum absolute atomic E-state index is 0.302. The van der Waals surface area contributed by atoms with E-state index >= 15 is 0 Å². The molecule has 0 bridgehead atoms. The van der Waals surface area contributed by atoms with Gasteiger partial charge >= 0.3 is 5.97 Å². The van der Waals surface area contributed by atoms with Crippen LogP contribution in [0.2, 0.25) is 0 Å². The van der Waals surface area contributed by atoms with Crippen molar-refractivity contribution >= 4 is 5.97 Å². The first-order valence-electron chi connectivity index (χ1n) is 11.0. The summed E-state index contributed by atoms with van der Waals surface area (Å²) >= 11 is 0.